The zero-order chi connectivity index (χ0) is 26.5. The van der Waals surface area contributed by atoms with Crippen molar-refractivity contribution in [1.82, 2.24) is 9.97 Å². The average Bonchev–Trinajstić information content (AvgIpc) is 2.81. The number of halogens is 3. The maximum Gasteiger partial charge on any atom is 0.267 e. The van der Waals surface area contributed by atoms with Crippen molar-refractivity contribution in [3.63, 3.8) is 0 Å². The number of hydrogen-bond donors (Lipinski definition) is 2. The number of ether oxygens (including phenoxy) is 2. The van der Waals surface area contributed by atoms with Crippen LogP contribution in [0, 0.1) is 17.7 Å². The van der Waals surface area contributed by atoms with Crippen LogP contribution in [0.4, 0.5) is 4.39 Å². The maximum atomic E-state index is 14.0. The summed E-state index contributed by atoms with van der Waals surface area (Å²) in [6, 6.07) is 11.8. The predicted molar refractivity (Wildman–Crippen MR) is 142 cm³/mol. The fourth-order valence-corrected chi connectivity index (χ4v) is 4.65. The largest absolute Gasteiger partial charge is 0.381 e. The number of hydrogen-bond acceptors (Lipinski definition) is 6. The fraction of sp³-hybridized carbons (Fsp3) is 0.308. The Kier molecular flexibility index (Phi) is 9.01. The first kappa shape index (κ1) is 27.3. The van der Waals surface area contributed by atoms with Gasteiger partial charge in [0.05, 0.1) is 32.1 Å². The van der Waals surface area contributed by atoms with Crippen molar-refractivity contribution in [1.29, 1.82) is 0 Å². The summed E-state index contributed by atoms with van der Waals surface area (Å²) < 4.78 is 25.6. The third-order valence-electron chi connectivity index (χ3n) is 6.03. The molecule has 0 spiro atoms. The third kappa shape index (κ3) is 6.98. The summed E-state index contributed by atoms with van der Waals surface area (Å²) in [7, 11) is 0. The van der Waals surface area contributed by atoms with Crippen LogP contribution in [-0.4, -0.2) is 48.2 Å². The standard InChI is InChI=1S/C16H14BrFN2O2.C10H11BrN2O2/c17-11-2-3-13(18)12(6-11)14-4-1-10(5-9-7-22-8-9)15(20-14)16(19)21;11-8-2-1-7(3-6-4-15-5-6)9(13-8)10(12)14/h1-4,6,9H,5,7-8H2,(H2,19,21);1-2,6H,3-5H2,(H2,12,14). The van der Waals surface area contributed by atoms with Crippen LogP contribution >= 0.6 is 31.9 Å². The third-order valence-corrected chi connectivity index (χ3v) is 6.96. The minimum Gasteiger partial charge on any atom is -0.381 e. The maximum absolute atomic E-state index is 14.0. The lowest BCUT2D eigenvalue weighted by Gasteiger charge is -2.26. The molecule has 2 aromatic heterocycles. The molecule has 8 nitrogen and oxygen atoms in total. The van der Waals surface area contributed by atoms with E-state index in [1.165, 1.54) is 6.07 Å². The first-order chi connectivity index (χ1) is 17.7. The molecule has 1 aromatic carbocycles. The number of nitrogens with two attached hydrogens (primary N) is 2. The van der Waals surface area contributed by atoms with E-state index in [9.17, 15) is 14.0 Å². The van der Waals surface area contributed by atoms with Crippen LogP contribution in [0.5, 0.6) is 0 Å². The van der Waals surface area contributed by atoms with E-state index in [0.29, 0.717) is 53.0 Å². The second-order valence-electron chi connectivity index (χ2n) is 8.91. The molecule has 2 aliphatic rings. The monoisotopic (exact) mass is 634 g/mol. The minimum atomic E-state index is -0.604. The van der Waals surface area contributed by atoms with Gasteiger partial charge in [0.25, 0.3) is 11.8 Å². The van der Waals surface area contributed by atoms with Gasteiger partial charge < -0.3 is 20.9 Å². The lowest BCUT2D eigenvalue weighted by molar-refractivity contribution is -0.0313. The Labute approximate surface area is 230 Å². The summed E-state index contributed by atoms with van der Waals surface area (Å²) in [5.74, 6) is -0.607. The summed E-state index contributed by atoms with van der Waals surface area (Å²) in [6.07, 6.45) is 1.49. The van der Waals surface area contributed by atoms with Gasteiger partial charge in [-0.1, -0.05) is 28.1 Å². The molecule has 0 saturated carbocycles. The van der Waals surface area contributed by atoms with Crippen LogP contribution in [0.3, 0.4) is 0 Å². The summed E-state index contributed by atoms with van der Waals surface area (Å²) >= 11 is 6.52. The first-order valence-corrected chi connectivity index (χ1v) is 13.2. The summed E-state index contributed by atoms with van der Waals surface area (Å²) in [5.41, 5.74) is 13.6. The molecule has 4 N–H and O–H groups in total. The Hall–Kier alpha value is -2.73. The van der Waals surface area contributed by atoms with E-state index in [1.807, 2.05) is 12.1 Å². The van der Waals surface area contributed by atoms with Crippen LogP contribution in [0.25, 0.3) is 11.3 Å². The van der Waals surface area contributed by atoms with Gasteiger partial charge in [0.15, 0.2) is 0 Å². The molecule has 5 rings (SSSR count). The van der Waals surface area contributed by atoms with Gasteiger partial charge in [-0.05, 0) is 70.2 Å². The molecule has 0 bridgehead atoms. The zero-order valence-corrected chi connectivity index (χ0v) is 22.9. The van der Waals surface area contributed by atoms with Gasteiger partial charge >= 0.3 is 0 Å². The van der Waals surface area contributed by atoms with Crippen LogP contribution in [0.1, 0.15) is 32.1 Å². The Morgan fingerprint density at radius 3 is 1.89 bits per heavy atom. The Bertz CT molecular complexity index is 1320. The van der Waals surface area contributed by atoms with Gasteiger partial charge in [0.1, 0.15) is 21.8 Å². The molecular formula is C26H25Br2FN4O4. The number of benzene rings is 1. The quantitative estimate of drug-likeness (QED) is 0.377. The van der Waals surface area contributed by atoms with Crippen molar-refractivity contribution < 1.29 is 23.5 Å². The molecule has 0 radical (unpaired) electrons. The Balaban J connectivity index is 0.000000186. The van der Waals surface area contributed by atoms with Gasteiger partial charge in [-0.2, -0.15) is 0 Å². The topological polar surface area (TPSA) is 130 Å². The van der Waals surface area contributed by atoms with E-state index in [1.54, 1.807) is 24.3 Å². The summed E-state index contributed by atoms with van der Waals surface area (Å²) in [6.45, 7) is 2.88. The van der Waals surface area contributed by atoms with E-state index in [-0.39, 0.29) is 5.69 Å². The van der Waals surface area contributed by atoms with E-state index in [4.69, 9.17) is 20.9 Å². The lowest BCUT2D eigenvalue weighted by Crippen LogP contribution is -2.30. The molecule has 2 aliphatic heterocycles. The number of aromatic nitrogens is 2. The van der Waals surface area contributed by atoms with Crippen molar-refractivity contribution in [2.45, 2.75) is 12.8 Å². The van der Waals surface area contributed by atoms with Crippen molar-refractivity contribution in [2.24, 2.45) is 23.3 Å². The van der Waals surface area contributed by atoms with Crippen molar-refractivity contribution in [3.05, 3.63) is 79.9 Å². The fourth-order valence-electron chi connectivity index (χ4n) is 3.98. The SMILES string of the molecule is NC(=O)c1nc(-c2cc(Br)ccc2F)ccc1CC1COC1.NC(=O)c1nc(Br)ccc1CC1COC1. The lowest BCUT2D eigenvalue weighted by atomic mass is 9.96. The molecule has 0 aliphatic carbocycles. The molecule has 194 valence electrons. The molecule has 2 saturated heterocycles. The number of rotatable bonds is 7. The van der Waals surface area contributed by atoms with Gasteiger partial charge in [-0.3, -0.25) is 9.59 Å². The average molecular weight is 636 g/mol. The second-order valence-corrected chi connectivity index (χ2v) is 10.6. The second kappa shape index (κ2) is 12.2. The molecular weight excluding hydrogens is 611 g/mol. The van der Waals surface area contributed by atoms with Gasteiger partial charge in [0.2, 0.25) is 0 Å². The Morgan fingerprint density at radius 1 is 0.838 bits per heavy atom. The molecule has 0 atom stereocenters. The van der Waals surface area contributed by atoms with E-state index < -0.39 is 17.6 Å². The molecule has 2 amide bonds. The number of primary amides is 2. The number of amides is 2. The number of carbonyl (C=O) groups excluding carboxylic acids is 2. The normalized spacial score (nSPS) is 15.2. The van der Waals surface area contributed by atoms with Crippen LogP contribution in [0.2, 0.25) is 0 Å². The minimum absolute atomic E-state index is 0.198. The highest BCUT2D eigenvalue weighted by atomic mass is 79.9. The highest BCUT2D eigenvalue weighted by Gasteiger charge is 2.23. The highest BCUT2D eigenvalue weighted by molar-refractivity contribution is 9.10. The molecule has 2 fully saturated rings. The van der Waals surface area contributed by atoms with E-state index in [2.05, 4.69) is 41.8 Å². The smallest absolute Gasteiger partial charge is 0.267 e. The molecule has 37 heavy (non-hydrogen) atoms. The van der Waals surface area contributed by atoms with Crippen LogP contribution in [0.15, 0.2) is 51.5 Å². The van der Waals surface area contributed by atoms with E-state index >= 15 is 0 Å². The van der Waals surface area contributed by atoms with Crippen molar-refractivity contribution in [3.8, 4) is 11.3 Å². The molecule has 3 aromatic rings. The van der Waals surface area contributed by atoms with Gasteiger partial charge in [0, 0.05) is 21.9 Å². The molecule has 0 unspecified atom stereocenters. The summed E-state index contributed by atoms with van der Waals surface area (Å²) in [4.78, 5) is 31.2. The predicted octanol–water partition coefficient (Wildman–Crippen LogP) is 4.07. The van der Waals surface area contributed by atoms with E-state index in [0.717, 1.165) is 35.2 Å². The van der Waals surface area contributed by atoms with Crippen LogP contribution in [-0.2, 0) is 22.3 Å². The Morgan fingerprint density at radius 2 is 1.38 bits per heavy atom. The number of nitrogens with zero attached hydrogens (tertiary/aromatic N) is 2. The van der Waals surface area contributed by atoms with Gasteiger partial charge in [-0.25, -0.2) is 14.4 Å². The highest BCUT2D eigenvalue weighted by Crippen LogP contribution is 2.27. The van der Waals surface area contributed by atoms with Crippen molar-refractivity contribution in [2.75, 3.05) is 26.4 Å². The van der Waals surface area contributed by atoms with Gasteiger partial charge in [-0.15, -0.1) is 0 Å². The number of pyridine rings is 2. The molecule has 4 heterocycles. The molecule has 11 heteroatoms. The first-order valence-electron chi connectivity index (χ1n) is 11.6. The van der Waals surface area contributed by atoms with Crippen molar-refractivity contribution >= 4 is 43.7 Å². The van der Waals surface area contributed by atoms with Crippen LogP contribution < -0.4 is 11.5 Å². The number of carbonyl (C=O) groups is 2. The zero-order valence-electron chi connectivity index (χ0n) is 19.8. The summed E-state index contributed by atoms with van der Waals surface area (Å²) in [5, 5.41) is 0.